The van der Waals surface area contributed by atoms with Gasteiger partial charge >= 0.3 is 0 Å². The van der Waals surface area contributed by atoms with Gasteiger partial charge in [-0.05, 0) is 73.9 Å². The van der Waals surface area contributed by atoms with Gasteiger partial charge in [0.2, 0.25) is 0 Å². The zero-order valence-corrected chi connectivity index (χ0v) is 23.1. The normalized spacial score (nSPS) is 16.6. The Kier molecular flexibility index (Phi) is 7.90. The Morgan fingerprint density at radius 2 is 1.61 bits per heavy atom. The minimum absolute atomic E-state index is 0.113. The van der Waals surface area contributed by atoms with Gasteiger partial charge < -0.3 is 19.3 Å². The lowest BCUT2D eigenvalue weighted by Crippen LogP contribution is -2.29. The summed E-state index contributed by atoms with van der Waals surface area (Å²) in [4.78, 5) is 28.4. The summed E-state index contributed by atoms with van der Waals surface area (Å²) in [6.07, 6.45) is 0. The van der Waals surface area contributed by atoms with E-state index >= 15 is 0 Å². The topological polar surface area (TPSA) is 85.3 Å². The second-order valence-electron chi connectivity index (χ2n) is 8.75. The molecule has 1 saturated heterocycles. The van der Waals surface area contributed by atoms with Gasteiger partial charge in [-0.3, -0.25) is 14.5 Å². The molecule has 38 heavy (non-hydrogen) atoms. The van der Waals surface area contributed by atoms with Gasteiger partial charge in [-0.1, -0.05) is 35.3 Å². The Balaban J connectivity index is 2.00. The van der Waals surface area contributed by atoms with E-state index in [2.05, 4.69) is 0 Å². The van der Waals surface area contributed by atoms with E-state index in [9.17, 15) is 14.7 Å². The van der Waals surface area contributed by atoms with Crippen molar-refractivity contribution in [1.29, 1.82) is 0 Å². The average Bonchev–Trinajstić information content (AvgIpc) is 3.15. The first-order valence-electron chi connectivity index (χ1n) is 11.8. The van der Waals surface area contributed by atoms with Crippen molar-refractivity contribution in [3.8, 4) is 17.2 Å². The van der Waals surface area contributed by atoms with Crippen LogP contribution < -0.4 is 19.1 Å². The number of Topliss-reactive ketones (excluding diaryl/α,β-unsaturated/α-hetero) is 1. The molecule has 0 saturated carbocycles. The number of methoxy groups -OCH3 is 2. The summed E-state index contributed by atoms with van der Waals surface area (Å²) >= 11 is 12.6. The summed E-state index contributed by atoms with van der Waals surface area (Å²) in [5.74, 6) is -0.878. The number of aliphatic hydroxyl groups excluding tert-OH is 1. The van der Waals surface area contributed by atoms with Crippen molar-refractivity contribution in [2.45, 2.75) is 26.8 Å². The Bertz CT molecular complexity index is 1440. The van der Waals surface area contributed by atoms with Gasteiger partial charge in [-0.15, -0.1) is 0 Å². The zero-order valence-electron chi connectivity index (χ0n) is 21.6. The maximum absolute atomic E-state index is 13.5. The third kappa shape index (κ3) is 4.79. The van der Waals surface area contributed by atoms with E-state index in [1.807, 2.05) is 32.9 Å². The second kappa shape index (κ2) is 11.0. The van der Waals surface area contributed by atoms with E-state index in [0.29, 0.717) is 29.4 Å². The summed E-state index contributed by atoms with van der Waals surface area (Å²) in [5, 5.41) is 11.7. The standard InChI is InChI=1S/C29H27Cl2NO6/c1-6-38-23-14-17(8-10-22(23)36-4)25-24(26(33)18-12-20(30)28(37-5)21(31)13-18)27(34)29(35)32(25)19-9-7-15(2)16(3)11-19/h7-14,25,33H,6H2,1-5H3/b26-24+. The highest BCUT2D eigenvalue weighted by Crippen LogP contribution is 2.45. The van der Waals surface area contributed by atoms with E-state index in [4.69, 9.17) is 37.4 Å². The highest BCUT2D eigenvalue weighted by Gasteiger charge is 2.47. The van der Waals surface area contributed by atoms with Gasteiger partial charge in [-0.25, -0.2) is 0 Å². The molecule has 1 amide bonds. The van der Waals surface area contributed by atoms with Gasteiger partial charge in [0.25, 0.3) is 11.7 Å². The fourth-order valence-corrected chi connectivity index (χ4v) is 5.11. The Hall–Kier alpha value is -3.68. The van der Waals surface area contributed by atoms with Crippen molar-refractivity contribution < 1.29 is 28.9 Å². The average molecular weight is 556 g/mol. The summed E-state index contributed by atoms with van der Waals surface area (Å²) in [7, 11) is 2.94. The van der Waals surface area contributed by atoms with Crippen molar-refractivity contribution in [3.63, 3.8) is 0 Å². The van der Waals surface area contributed by atoms with E-state index in [1.165, 1.54) is 31.3 Å². The molecule has 1 aliphatic rings. The number of carbonyl (C=O) groups excluding carboxylic acids is 2. The molecule has 4 rings (SSSR count). The number of aryl methyl sites for hydroxylation is 2. The lowest BCUT2D eigenvalue weighted by Gasteiger charge is -2.26. The number of carbonyl (C=O) groups is 2. The van der Waals surface area contributed by atoms with Gasteiger partial charge in [0.1, 0.15) is 5.76 Å². The maximum atomic E-state index is 13.5. The van der Waals surface area contributed by atoms with Gasteiger partial charge in [0.05, 0.1) is 42.5 Å². The van der Waals surface area contributed by atoms with E-state index in [-0.39, 0.29) is 26.9 Å². The fourth-order valence-electron chi connectivity index (χ4n) is 4.47. The summed E-state index contributed by atoms with van der Waals surface area (Å²) in [6.45, 7) is 6.09. The van der Waals surface area contributed by atoms with E-state index in [1.54, 1.807) is 24.3 Å². The van der Waals surface area contributed by atoms with E-state index < -0.39 is 23.5 Å². The molecule has 1 heterocycles. The molecule has 1 atom stereocenters. The van der Waals surface area contributed by atoms with Crippen molar-refractivity contribution in [2.24, 2.45) is 0 Å². The smallest absolute Gasteiger partial charge is 0.300 e. The molecule has 1 fully saturated rings. The number of amides is 1. The van der Waals surface area contributed by atoms with Crippen LogP contribution in [0.15, 0.2) is 54.1 Å². The molecule has 3 aromatic carbocycles. The number of benzene rings is 3. The molecular weight excluding hydrogens is 529 g/mol. The van der Waals surface area contributed by atoms with Crippen LogP contribution >= 0.6 is 23.2 Å². The Morgan fingerprint density at radius 1 is 0.921 bits per heavy atom. The molecule has 1 aliphatic heterocycles. The second-order valence-corrected chi connectivity index (χ2v) is 9.57. The number of ketones is 1. The Morgan fingerprint density at radius 3 is 2.18 bits per heavy atom. The lowest BCUT2D eigenvalue weighted by molar-refractivity contribution is -0.132. The molecule has 0 aliphatic carbocycles. The van der Waals surface area contributed by atoms with Crippen LogP contribution in [-0.4, -0.2) is 37.6 Å². The summed E-state index contributed by atoms with van der Waals surface area (Å²) < 4.78 is 16.4. The van der Waals surface area contributed by atoms with Crippen LogP contribution in [0, 0.1) is 13.8 Å². The minimum atomic E-state index is -0.970. The maximum Gasteiger partial charge on any atom is 0.300 e. The van der Waals surface area contributed by atoms with Gasteiger partial charge in [-0.2, -0.15) is 0 Å². The van der Waals surface area contributed by atoms with Crippen molar-refractivity contribution >= 4 is 46.3 Å². The van der Waals surface area contributed by atoms with Crippen molar-refractivity contribution in [1.82, 2.24) is 0 Å². The third-order valence-corrected chi connectivity index (χ3v) is 7.05. The molecule has 0 radical (unpaired) electrons. The molecule has 0 bridgehead atoms. The van der Waals surface area contributed by atoms with E-state index in [0.717, 1.165) is 11.1 Å². The molecule has 1 unspecified atom stereocenters. The number of aliphatic hydroxyl groups is 1. The first kappa shape index (κ1) is 27.4. The number of halogens is 2. The highest BCUT2D eigenvalue weighted by molar-refractivity contribution is 6.51. The van der Waals surface area contributed by atoms with Crippen LogP contribution in [-0.2, 0) is 9.59 Å². The van der Waals surface area contributed by atoms with Crippen molar-refractivity contribution in [2.75, 3.05) is 25.7 Å². The SMILES string of the molecule is CCOc1cc(C2/C(=C(\O)c3cc(Cl)c(OC)c(Cl)c3)C(=O)C(=O)N2c2ccc(C)c(C)c2)ccc1OC. The summed E-state index contributed by atoms with van der Waals surface area (Å²) in [5.41, 5.74) is 3.09. The number of hydrogen-bond acceptors (Lipinski definition) is 6. The number of rotatable bonds is 7. The van der Waals surface area contributed by atoms with Gasteiger partial charge in [0, 0.05) is 11.3 Å². The lowest BCUT2D eigenvalue weighted by atomic mass is 9.94. The van der Waals surface area contributed by atoms with Crippen LogP contribution in [0.2, 0.25) is 10.0 Å². The van der Waals surface area contributed by atoms with Crippen molar-refractivity contribution in [3.05, 3.63) is 86.4 Å². The first-order chi connectivity index (χ1) is 18.1. The predicted octanol–water partition coefficient (Wildman–Crippen LogP) is 6.65. The largest absolute Gasteiger partial charge is 0.507 e. The van der Waals surface area contributed by atoms with Gasteiger partial charge in [0.15, 0.2) is 17.2 Å². The third-order valence-electron chi connectivity index (χ3n) is 6.49. The van der Waals surface area contributed by atoms with Crippen LogP contribution in [0.25, 0.3) is 5.76 Å². The molecule has 0 aromatic heterocycles. The number of hydrogen-bond donors (Lipinski definition) is 1. The van der Waals surface area contributed by atoms with Crippen LogP contribution in [0.5, 0.6) is 17.2 Å². The molecule has 198 valence electrons. The van der Waals surface area contributed by atoms with Crippen LogP contribution in [0.3, 0.4) is 0 Å². The Labute approximate surface area is 231 Å². The molecular formula is C29H27Cl2NO6. The summed E-state index contributed by atoms with van der Waals surface area (Å²) in [6, 6.07) is 12.5. The quantitative estimate of drug-likeness (QED) is 0.199. The number of nitrogens with zero attached hydrogens (tertiary/aromatic N) is 1. The fraction of sp³-hybridized carbons (Fsp3) is 0.241. The minimum Gasteiger partial charge on any atom is -0.507 e. The van der Waals surface area contributed by atoms with Crippen LogP contribution in [0.4, 0.5) is 5.69 Å². The predicted molar refractivity (Wildman–Crippen MR) is 148 cm³/mol. The number of ether oxygens (including phenoxy) is 3. The molecule has 0 spiro atoms. The highest BCUT2D eigenvalue weighted by atomic mass is 35.5. The first-order valence-corrected chi connectivity index (χ1v) is 12.6. The monoisotopic (exact) mass is 555 g/mol. The molecule has 1 N–H and O–H groups in total. The molecule has 7 nitrogen and oxygen atoms in total. The van der Waals surface area contributed by atoms with Crippen LogP contribution in [0.1, 0.15) is 35.2 Å². The molecule has 3 aromatic rings. The zero-order chi connectivity index (χ0) is 27.7. The molecule has 9 heteroatoms. The number of anilines is 1.